The van der Waals surface area contributed by atoms with E-state index >= 15 is 0 Å². The molecule has 148 valence electrons. The van der Waals surface area contributed by atoms with Crippen LogP contribution < -0.4 is 4.90 Å². The van der Waals surface area contributed by atoms with Gasteiger partial charge in [-0.2, -0.15) is 0 Å². The Balaban J connectivity index is 1.63. The summed E-state index contributed by atoms with van der Waals surface area (Å²) in [5.41, 5.74) is 3.46. The largest absolute Gasteiger partial charge is 0.395 e. The van der Waals surface area contributed by atoms with E-state index in [1.165, 1.54) is 5.56 Å². The number of hydrogen-bond acceptors (Lipinski definition) is 5. The van der Waals surface area contributed by atoms with Crippen LogP contribution in [0.3, 0.4) is 0 Å². The molecule has 2 heterocycles. The lowest BCUT2D eigenvalue weighted by Crippen LogP contribution is -2.45. The van der Waals surface area contributed by atoms with Crippen LogP contribution >= 0.6 is 0 Å². The van der Waals surface area contributed by atoms with Gasteiger partial charge in [0.15, 0.2) is 5.82 Å². The number of benzene rings is 1. The molecule has 0 spiro atoms. The third-order valence-corrected chi connectivity index (χ3v) is 5.83. The summed E-state index contributed by atoms with van der Waals surface area (Å²) < 4.78 is 0. The molecule has 1 aliphatic carbocycles. The van der Waals surface area contributed by atoms with E-state index in [2.05, 4.69) is 4.90 Å². The van der Waals surface area contributed by atoms with Crippen molar-refractivity contribution in [1.82, 2.24) is 14.9 Å². The highest BCUT2D eigenvalue weighted by Gasteiger charge is 2.31. The average Bonchev–Trinajstić information content (AvgIpc) is 3.22. The molecule has 0 bridgehead atoms. The molecule has 1 aromatic heterocycles. The van der Waals surface area contributed by atoms with Gasteiger partial charge in [0.2, 0.25) is 5.91 Å². The smallest absolute Gasteiger partial charge is 0.227 e. The Kier molecular flexibility index (Phi) is 5.57. The number of aliphatic hydroxyl groups excluding tert-OH is 1. The van der Waals surface area contributed by atoms with Crippen LogP contribution in [0.5, 0.6) is 0 Å². The van der Waals surface area contributed by atoms with Crippen molar-refractivity contribution in [3.8, 4) is 11.4 Å². The standard InChI is InChI=1S/C22H28N4O2/c1-25(13-14-27)22(28)17-9-6-12-26(15-17)21-18-10-5-11-19(18)23-20(24-21)16-7-3-2-4-8-16/h2-4,7-8,17,27H,5-6,9-15H2,1H3. The number of piperidine rings is 1. The van der Waals surface area contributed by atoms with Gasteiger partial charge in [-0.3, -0.25) is 4.79 Å². The number of amides is 1. The van der Waals surface area contributed by atoms with Crippen molar-refractivity contribution in [3.63, 3.8) is 0 Å². The topological polar surface area (TPSA) is 69.6 Å². The van der Waals surface area contributed by atoms with E-state index in [0.717, 1.165) is 61.5 Å². The Bertz CT molecular complexity index is 840. The van der Waals surface area contributed by atoms with Gasteiger partial charge in [-0.15, -0.1) is 0 Å². The second kappa shape index (κ2) is 8.27. The van der Waals surface area contributed by atoms with Crippen molar-refractivity contribution in [2.75, 3.05) is 38.2 Å². The summed E-state index contributed by atoms with van der Waals surface area (Å²) in [4.78, 5) is 26.5. The maximum atomic E-state index is 12.7. The van der Waals surface area contributed by atoms with E-state index in [4.69, 9.17) is 15.1 Å². The lowest BCUT2D eigenvalue weighted by Gasteiger charge is -2.35. The van der Waals surface area contributed by atoms with Gasteiger partial charge in [-0.05, 0) is 32.1 Å². The molecule has 1 N–H and O–H groups in total. The quantitative estimate of drug-likeness (QED) is 0.862. The molecule has 28 heavy (non-hydrogen) atoms. The van der Waals surface area contributed by atoms with E-state index in [-0.39, 0.29) is 18.4 Å². The fraction of sp³-hybridized carbons (Fsp3) is 0.500. The molecule has 1 amide bonds. The lowest BCUT2D eigenvalue weighted by molar-refractivity contribution is -0.134. The molecule has 2 aromatic rings. The number of aryl methyl sites for hydroxylation is 1. The zero-order chi connectivity index (χ0) is 19.5. The van der Waals surface area contributed by atoms with E-state index in [9.17, 15) is 4.79 Å². The van der Waals surface area contributed by atoms with Gasteiger partial charge in [-0.1, -0.05) is 30.3 Å². The van der Waals surface area contributed by atoms with E-state index in [1.54, 1.807) is 11.9 Å². The minimum Gasteiger partial charge on any atom is -0.395 e. The lowest BCUT2D eigenvalue weighted by atomic mass is 9.96. The van der Waals surface area contributed by atoms with Gasteiger partial charge in [-0.25, -0.2) is 9.97 Å². The van der Waals surface area contributed by atoms with Crippen LogP contribution in [-0.4, -0.2) is 59.2 Å². The minimum absolute atomic E-state index is 0.00146. The Hall–Kier alpha value is -2.47. The number of fused-ring (bicyclic) bond motifs is 1. The number of anilines is 1. The van der Waals surface area contributed by atoms with Crippen molar-refractivity contribution >= 4 is 11.7 Å². The third kappa shape index (κ3) is 3.74. The number of likely N-dealkylation sites (N-methyl/N-ethyl adjacent to an activating group) is 1. The molecule has 2 aliphatic rings. The summed E-state index contributed by atoms with van der Waals surface area (Å²) in [5, 5.41) is 9.14. The Morgan fingerprint density at radius 3 is 2.82 bits per heavy atom. The summed E-state index contributed by atoms with van der Waals surface area (Å²) in [5.74, 6) is 1.87. The predicted octanol–water partition coefficient (Wildman–Crippen LogP) is 2.30. The molecule has 1 aromatic carbocycles. The average molecular weight is 380 g/mol. The molecule has 1 fully saturated rings. The first-order valence-electron chi connectivity index (χ1n) is 10.2. The molecule has 6 nitrogen and oxygen atoms in total. The van der Waals surface area contributed by atoms with Crippen LogP contribution in [0.15, 0.2) is 30.3 Å². The first kappa shape index (κ1) is 18.9. The molecule has 4 rings (SSSR count). The highest BCUT2D eigenvalue weighted by Crippen LogP contribution is 2.33. The third-order valence-electron chi connectivity index (χ3n) is 5.83. The van der Waals surface area contributed by atoms with E-state index in [1.807, 2.05) is 30.3 Å². The van der Waals surface area contributed by atoms with Crippen molar-refractivity contribution < 1.29 is 9.90 Å². The Labute approximate surface area is 166 Å². The minimum atomic E-state index is -0.0440. The van der Waals surface area contributed by atoms with Crippen LogP contribution in [0.2, 0.25) is 0 Å². The maximum absolute atomic E-state index is 12.7. The number of carbonyl (C=O) groups is 1. The highest BCUT2D eigenvalue weighted by atomic mass is 16.3. The summed E-state index contributed by atoms with van der Waals surface area (Å²) >= 11 is 0. The second-order valence-corrected chi connectivity index (χ2v) is 7.78. The van der Waals surface area contributed by atoms with Gasteiger partial charge >= 0.3 is 0 Å². The van der Waals surface area contributed by atoms with E-state index < -0.39 is 0 Å². The molecular formula is C22H28N4O2. The fourth-order valence-corrected chi connectivity index (χ4v) is 4.33. The van der Waals surface area contributed by atoms with Gasteiger partial charge in [0.1, 0.15) is 5.82 Å². The van der Waals surface area contributed by atoms with Crippen molar-refractivity contribution in [2.45, 2.75) is 32.1 Å². The summed E-state index contributed by atoms with van der Waals surface area (Å²) in [7, 11) is 1.77. The van der Waals surface area contributed by atoms with Crippen molar-refractivity contribution in [1.29, 1.82) is 0 Å². The molecule has 1 unspecified atom stereocenters. The monoisotopic (exact) mass is 380 g/mol. The summed E-state index contributed by atoms with van der Waals surface area (Å²) in [6.45, 7) is 1.99. The first-order chi connectivity index (χ1) is 13.7. The van der Waals surface area contributed by atoms with Crippen LogP contribution in [-0.2, 0) is 17.6 Å². The number of aromatic nitrogens is 2. The number of hydrogen-bond donors (Lipinski definition) is 1. The van der Waals surface area contributed by atoms with Gasteiger partial charge in [0.05, 0.1) is 12.5 Å². The predicted molar refractivity (Wildman–Crippen MR) is 109 cm³/mol. The van der Waals surface area contributed by atoms with Gasteiger partial charge in [0, 0.05) is 43.5 Å². The van der Waals surface area contributed by atoms with Gasteiger partial charge in [0.25, 0.3) is 0 Å². The molecule has 1 atom stereocenters. The van der Waals surface area contributed by atoms with Crippen LogP contribution in [0.1, 0.15) is 30.5 Å². The number of rotatable bonds is 5. The maximum Gasteiger partial charge on any atom is 0.227 e. The summed E-state index contributed by atoms with van der Waals surface area (Å²) in [6.07, 6.45) is 5.00. The first-order valence-corrected chi connectivity index (χ1v) is 10.2. The Morgan fingerprint density at radius 1 is 1.21 bits per heavy atom. The van der Waals surface area contributed by atoms with Crippen molar-refractivity contribution in [2.24, 2.45) is 5.92 Å². The van der Waals surface area contributed by atoms with Gasteiger partial charge < -0.3 is 14.9 Å². The molecule has 0 radical (unpaired) electrons. The van der Waals surface area contributed by atoms with Crippen LogP contribution in [0.4, 0.5) is 5.82 Å². The Morgan fingerprint density at radius 2 is 2.04 bits per heavy atom. The zero-order valence-corrected chi connectivity index (χ0v) is 16.5. The SMILES string of the molecule is CN(CCO)C(=O)C1CCCN(c2nc(-c3ccccc3)nc3c2CCC3)C1. The molecule has 6 heteroatoms. The molecule has 1 aliphatic heterocycles. The number of aliphatic hydroxyl groups is 1. The molecule has 0 saturated carbocycles. The summed E-state index contributed by atoms with van der Waals surface area (Å²) in [6, 6.07) is 10.1. The highest BCUT2D eigenvalue weighted by molar-refractivity contribution is 5.79. The number of carbonyl (C=O) groups excluding carboxylic acids is 1. The second-order valence-electron chi connectivity index (χ2n) is 7.78. The van der Waals surface area contributed by atoms with E-state index in [0.29, 0.717) is 13.1 Å². The van der Waals surface area contributed by atoms with Crippen LogP contribution in [0.25, 0.3) is 11.4 Å². The normalized spacial score (nSPS) is 18.8. The zero-order valence-electron chi connectivity index (χ0n) is 16.5. The molecular weight excluding hydrogens is 352 g/mol. The fourth-order valence-electron chi connectivity index (χ4n) is 4.33. The molecule has 1 saturated heterocycles. The van der Waals surface area contributed by atoms with Crippen LogP contribution in [0, 0.1) is 5.92 Å². The van der Waals surface area contributed by atoms with Crippen molar-refractivity contribution in [3.05, 3.63) is 41.6 Å². The number of nitrogens with zero attached hydrogens (tertiary/aromatic N) is 4.